The molecule has 0 spiro atoms. The summed E-state index contributed by atoms with van der Waals surface area (Å²) in [6, 6.07) is 19.1. The molecule has 7 heteroatoms. The highest BCUT2D eigenvalue weighted by Gasteiger charge is 2.07. The number of hydrogen-bond donors (Lipinski definition) is 2. The standard InChI is InChI=1S/C22H17NO5S/c24-21(28-15-16-5-2-1-3-6-16)7-4-12-23-22(25)18-9-8-17-10-11-20(29(26)27)14-19(17)13-18/h1-3,5-6,8-11,13-14H,12,15H2,(H,23,25)(H,26,27). The van der Waals surface area contributed by atoms with Crippen molar-refractivity contribution < 1.29 is 23.1 Å². The van der Waals surface area contributed by atoms with Gasteiger partial charge in [-0.1, -0.05) is 48.4 Å². The SMILES string of the molecule is O=C(C#CCNC(=O)c1ccc2ccc(S(=O)O)cc2c1)OCc1ccccc1. The molecule has 0 fully saturated rings. The number of fused-ring (bicyclic) bond motifs is 1. The molecule has 0 aliphatic rings. The number of carbonyl (C=O) groups is 2. The first-order chi connectivity index (χ1) is 14.0. The molecule has 0 bridgehead atoms. The Morgan fingerprint density at radius 2 is 1.76 bits per heavy atom. The monoisotopic (exact) mass is 407 g/mol. The van der Waals surface area contributed by atoms with E-state index < -0.39 is 17.0 Å². The summed E-state index contributed by atoms with van der Waals surface area (Å²) in [6.07, 6.45) is 0. The highest BCUT2D eigenvalue weighted by molar-refractivity contribution is 7.79. The predicted molar refractivity (Wildman–Crippen MR) is 109 cm³/mol. The Bertz CT molecular complexity index is 1130. The third kappa shape index (κ3) is 5.75. The molecular weight excluding hydrogens is 390 g/mol. The van der Waals surface area contributed by atoms with Gasteiger partial charge >= 0.3 is 5.97 Å². The Morgan fingerprint density at radius 1 is 1.00 bits per heavy atom. The van der Waals surface area contributed by atoms with E-state index in [0.717, 1.165) is 10.9 Å². The minimum absolute atomic E-state index is 0.0159. The largest absolute Gasteiger partial charge is 0.451 e. The molecule has 0 saturated heterocycles. The molecule has 3 rings (SSSR count). The Kier molecular flexibility index (Phi) is 6.74. The molecule has 0 heterocycles. The van der Waals surface area contributed by atoms with Crippen molar-refractivity contribution in [2.45, 2.75) is 11.5 Å². The molecular formula is C22H17NO5S. The molecule has 1 amide bonds. The molecule has 0 aliphatic carbocycles. The second-order valence-electron chi connectivity index (χ2n) is 6.02. The quantitative estimate of drug-likeness (QED) is 0.294. The number of rotatable bonds is 5. The fourth-order valence-corrected chi connectivity index (χ4v) is 2.99. The van der Waals surface area contributed by atoms with Crippen molar-refractivity contribution in [3.05, 3.63) is 77.9 Å². The first-order valence-electron chi connectivity index (χ1n) is 8.65. The van der Waals surface area contributed by atoms with Crippen molar-refractivity contribution in [2.24, 2.45) is 0 Å². The van der Waals surface area contributed by atoms with Crippen LogP contribution in [-0.2, 0) is 27.2 Å². The summed E-state index contributed by atoms with van der Waals surface area (Å²) < 4.78 is 25.4. The van der Waals surface area contributed by atoms with Gasteiger partial charge in [0.25, 0.3) is 5.91 Å². The van der Waals surface area contributed by atoms with Gasteiger partial charge in [0.05, 0.1) is 11.4 Å². The van der Waals surface area contributed by atoms with Crippen LogP contribution in [0, 0.1) is 11.8 Å². The number of ether oxygens (including phenoxy) is 1. The van der Waals surface area contributed by atoms with Crippen LogP contribution in [0.3, 0.4) is 0 Å². The fourth-order valence-electron chi connectivity index (χ4n) is 2.58. The third-order valence-corrected chi connectivity index (χ3v) is 4.67. The van der Waals surface area contributed by atoms with Gasteiger partial charge in [-0.3, -0.25) is 4.79 Å². The van der Waals surface area contributed by atoms with Crippen LogP contribution >= 0.6 is 0 Å². The van der Waals surface area contributed by atoms with Crippen LogP contribution in [0.5, 0.6) is 0 Å². The zero-order valence-corrected chi connectivity index (χ0v) is 16.1. The number of esters is 1. The lowest BCUT2D eigenvalue weighted by Gasteiger charge is -2.05. The van der Waals surface area contributed by atoms with Crippen molar-refractivity contribution in [3.8, 4) is 11.8 Å². The van der Waals surface area contributed by atoms with Gasteiger partial charge in [-0.25, -0.2) is 9.00 Å². The second-order valence-corrected chi connectivity index (χ2v) is 6.99. The number of nitrogens with one attached hydrogen (secondary N) is 1. The molecule has 146 valence electrons. The summed E-state index contributed by atoms with van der Waals surface area (Å²) in [7, 11) is 0. The lowest BCUT2D eigenvalue weighted by Crippen LogP contribution is -2.23. The summed E-state index contributed by atoms with van der Waals surface area (Å²) in [5.74, 6) is 3.84. The highest BCUT2D eigenvalue weighted by atomic mass is 32.2. The van der Waals surface area contributed by atoms with Crippen molar-refractivity contribution in [2.75, 3.05) is 6.54 Å². The van der Waals surface area contributed by atoms with Crippen molar-refractivity contribution in [1.29, 1.82) is 0 Å². The molecule has 6 nitrogen and oxygen atoms in total. The molecule has 1 unspecified atom stereocenters. The molecule has 1 atom stereocenters. The second kappa shape index (κ2) is 9.64. The lowest BCUT2D eigenvalue weighted by molar-refractivity contribution is -0.137. The molecule has 3 aromatic carbocycles. The van der Waals surface area contributed by atoms with Gasteiger partial charge in [-0.2, -0.15) is 0 Å². The van der Waals surface area contributed by atoms with Crippen molar-refractivity contribution >= 4 is 33.7 Å². The van der Waals surface area contributed by atoms with Crippen LogP contribution in [0.1, 0.15) is 15.9 Å². The zero-order chi connectivity index (χ0) is 20.6. The van der Waals surface area contributed by atoms with Gasteiger partial charge in [0, 0.05) is 11.5 Å². The number of amides is 1. The Labute approximate surface area is 170 Å². The normalized spacial score (nSPS) is 11.2. The van der Waals surface area contributed by atoms with E-state index >= 15 is 0 Å². The average Bonchev–Trinajstić information content (AvgIpc) is 2.75. The van der Waals surface area contributed by atoms with Crippen molar-refractivity contribution in [3.63, 3.8) is 0 Å². The van der Waals surface area contributed by atoms with E-state index in [9.17, 15) is 18.4 Å². The zero-order valence-electron chi connectivity index (χ0n) is 15.3. The minimum atomic E-state index is -2.09. The third-order valence-electron chi connectivity index (χ3n) is 4.02. The topological polar surface area (TPSA) is 92.7 Å². The van der Waals surface area contributed by atoms with Crippen molar-refractivity contribution in [1.82, 2.24) is 5.32 Å². The smallest absolute Gasteiger partial charge is 0.384 e. The molecule has 0 aromatic heterocycles. The summed E-state index contributed by atoms with van der Waals surface area (Å²) in [5, 5.41) is 4.12. The van der Waals surface area contributed by atoms with E-state index in [1.165, 1.54) is 0 Å². The first-order valence-corrected chi connectivity index (χ1v) is 9.76. The van der Waals surface area contributed by atoms with Crippen LogP contribution in [-0.4, -0.2) is 27.2 Å². The molecule has 0 radical (unpaired) electrons. The molecule has 29 heavy (non-hydrogen) atoms. The first kappa shape index (κ1) is 20.3. The Hall–Kier alpha value is -3.47. The predicted octanol–water partition coefficient (Wildman–Crippen LogP) is 2.90. The molecule has 3 aromatic rings. The van der Waals surface area contributed by atoms with Gasteiger partial charge in [-0.15, -0.1) is 0 Å². The van der Waals surface area contributed by atoms with Gasteiger partial charge in [0.1, 0.15) is 6.61 Å². The van der Waals surface area contributed by atoms with E-state index in [4.69, 9.17) is 4.74 Å². The molecule has 0 saturated carbocycles. The molecule has 0 aliphatic heterocycles. The van der Waals surface area contributed by atoms with Crippen LogP contribution in [0.4, 0.5) is 0 Å². The maximum absolute atomic E-state index is 12.3. The van der Waals surface area contributed by atoms with Gasteiger partial charge in [0.2, 0.25) is 0 Å². The lowest BCUT2D eigenvalue weighted by atomic mass is 10.1. The van der Waals surface area contributed by atoms with E-state index in [-0.39, 0.29) is 24.0 Å². The van der Waals surface area contributed by atoms with Crippen LogP contribution in [0.15, 0.2) is 71.6 Å². The van der Waals surface area contributed by atoms with E-state index in [0.29, 0.717) is 10.9 Å². The molecule has 2 N–H and O–H groups in total. The van der Waals surface area contributed by atoms with Gasteiger partial charge in [0.15, 0.2) is 11.1 Å². The van der Waals surface area contributed by atoms with Crippen LogP contribution < -0.4 is 5.32 Å². The summed E-state index contributed by atoms with van der Waals surface area (Å²) in [5.41, 5.74) is 1.24. The van der Waals surface area contributed by atoms with Crippen LogP contribution in [0.25, 0.3) is 10.8 Å². The van der Waals surface area contributed by atoms with Crippen LogP contribution in [0.2, 0.25) is 0 Å². The van der Waals surface area contributed by atoms with E-state index in [1.54, 1.807) is 36.4 Å². The summed E-state index contributed by atoms with van der Waals surface area (Å²) in [4.78, 5) is 24.1. The summed E-state index contributed by atoms with van der Waals surface area (Å²) in [6.45, 7) is 0.121. The fraction of sp³-hybridized carbons (Fsp3) is 0.0909. The van der Waals surface area contributed by atoms with E-state index in [2.05, 4.69) is 17.2 Å². The number of carbonyl (C=O) groups excluding carboxylic acids is 2. The van der Waals surface area contributed by atoms with Gasteiger partial charge in [-0.05, 0) is 40.6 Å². The highest BCUT2D eigenvalue weighted by Crippen LogP contribution is 2.19. The minimum Gasteiger partial charge on any atom is -0.451 e. The summed E-state index contributed by atoms with van der Waals surface area (Å²) >= 11 is -2.09. The maximum Gasteiger partial charge on any atom is 0.384 e. The van der Waals surface area contributed by atoms with Gasteiger partial charge < -0.3 is 14.6 Å². The Balaban J connectivity index is 1.55. The Morgan fingerprint density at radius 3 is 2.52 bits per heavy atom. The average molecular weight is 407 g/mol. The maximum atomic E-state index is 12.3. The van der Waals surface area contributed by atoms with E-state index in [1.807, 2.05) is 30.3 Å². The number of benzene rings is 3. The number of hydrogen-bond acceptors (Lipinski definition) is 4.